The first-order valence-electron chi connectivity index (χ1n) is 16.8. The monoisotopic (exact) mass is 706 g/mol. The van der Waals surface area contributed by atoms with Crippen LogP contribution in [0.4, 0.5) is 0 Å². The number of carbonyl (C=O) groups is 2. The second kappa shape index (κ2) is 11.0. The topological polar surface area (TPSA) is 152 Å². The highest BCUT2D eigenvalue weighted by atomic mass is 16.6. The Morgan fingerprint density at radius 2 is 0.849 bits per heavy atom. The van der Waals surface area contributed by atoms with E-state index in [1.54, 1.807) is 87.5 Å². The number of hydrogen-bond donors (Lipinski definition) is 4. The SMILES string of the molecule is Cc1c(O)ccc2c1Oc1c(ccc(O)c1C)C21OC(=O)c2ccccc21.Cc1c(O)ccc2c1Oc1cc(O)ccc1C21OC(=O)c2ccccc21. The van der Waals surface area contributed by atoms with Crippen LogP contribution in [-0.2, 0) is 20.7 Å². The van der Waals surface area contributed by atoms with Crippen LogP contribution in [0.1, 0.15) is 70.8 Å². The van der Waals surface area contributed by atoms with E-state index in [-0.39, 0.29) is 23.0 Å². The van der Waals surface area contributed by atoms with Crippen molar-refractivity contribution in [3.8, 4) is 46.0 Å². The summed E-state index contributed by atoms with van der Waals surface area (Å²) in [6.45, 7) is 5.22. The van der Waals surface area contributed by atoms with Crippen LogP contribution in [0, 0.1) is 20.8 Å². The second-order valence-electron chi connectivity index (χ2n) is 13.4. The highest BCUT2D eigenvalue weighted by Gasteiger charge is 2.55. The standard InChI is InChI=1S/C22H16O5.C21H14O5/c1-11-17(23)9-7-15-19(11)26-20-12(2)18(24)10-8-16(20)22(15)14-6-4-3-5-13(14)21(25)27-22;1-11-17(23)9-8-16-19(11)25-18-10-12(22)6-7-15(18)21(16)14-5-3-2-4-13(14)20(24)26-21/h3-10,23-24H,1-2H3;2-10,22-23H,1H3. The van der Waals surface area contributed by atoms with Crippen LogP contribution in [0.15, 0.2) is 103 Å². The van der Waals surface area contributed by atoms with E-state index in [9.17, 15) is 30.0 Å². The number of carbonyl (C=O) groups excluding carboxylic acids is 2. The fourth-order valence-corrected chi connectivity index (χ4v) is 7.89. The molecule has 0 radical (unpaired) electrons. The van der Waals surface area contributed by atoms with Crippen LogP contribution in [0.5, 0.6) is 46.0 Å². The molecule has 0 saturated heterocycles. The van der Waals surface area contributed by atoms with E-state index in [1.807, 2.05) is 24.3 Å². The molecule has 0 aliphatic carbocycles. The van der Waals surface area contributed by atoms with Crippen LogP contribution in [0.25, 0.3) is 0 Å². The van der Waals surface area contributed by atoms with Crippen LogP contribution < -0.4 is 9.47 Å². The molecule has 0 fully saturated rings. The molecular weight excluding hydrogens is 676 g/mol. The predicted molar refractivity (Wildman–Crippen MR) is 190 cm³/mol. The molecule has 0 bridgehead atoms. The first-order valence-corrected chi connectivity index (χ1v) is 16.8. The molecule has 6 aromatic carbocycles. The molecule has 1 unspecified atom stereocenters. The molecular formula is C43H30O10. The van der Waals surface area contributed by atoms with Gasteiger partial charge in [0, 0.05) is 56.1 Å². The number of aromatic hydroxyl groups is 4. The van der Waals surface area contributed by atoms with Crippen molar-refractivity contribution in [3.05, 3.63) is 164 Å². The van der Waals surface area contributed by atoms with Gasteiger partial charge in [-0.05, 0) is 81.4 Å². The van der Waals surface area contributed by atoms with Crippen molar-refractivity contribution in [1.29, 1.82) is 0 Å². The molecule has 53 heavy (non-hydrogen) atoms. The molecule has 0 amide bonds. The molecule has 2 spiro atoms. The van der Waals surface area contributed by atoms with Crippen molar-refractivity contribution < 1.29 is 49.0 Å². The van der Waals surface area contributed by atoms with E-state index < -0.39 is 23.1 Å². The van der Waals surface area contributed by atoms with Crippen molar-refractivity contribution >= 4 is 11.9 Å². The summed E-state index contributed by atoms with van der Waals surface area (Å²) in [6.07, 6.45) is 0. The van der Waals surface area contributed by atoms with Gasteiger partial charge >= 0.3 is 11.9 Å². The third-order valence-electron chi connectivity index (χ3n) is 10.6. The normalized spacial score (nSPS) is 17.4. The summed E-state index contributed by atoms with van der Waals surface area (Å²) < 4.78 is 24.1. The summed E-state index contributed by atoms with van der Waals surface area (Å²) in [7, 11) is 0. The van der Waals surface area contributed by atoms with E-state index >= 15 is 0 Å². The summed E-state index contributed by atoms with van der Waals surface area (Å²) in [6, 6.07) is 29.1. The van der Waals surface area contributed by atoms with Crippen molar-refractivity contribution in [2.24, 2.45) is 0 Å². The number of rotatable bonds is 0. The van der Waals surface area contributed by atoms with E-state index in [1.165, 1.54) is 12.1 Å². The van der Waals surface area contributed by atoms with Crippen LogP contribution in [-0.4, -0.2) is 32.4 Å². The van der Waals surface area contributed by atoms with Gasteiger partial charge in [0.05, 0.1) is 11.1 Å². The molecule has 0 saturated carbocycles. The number of phenols is 4. The average molecular weight is 707 g/mol. The minimum Gasteiger partial charge on any atom is -0.508 e. The number of hydrogen-bond acceptors (Lipinski definition) is 10. The zero-order chi connectivity index (χ0) is 37.0. The van der Waals surface area contributed by atoms with Crippen molar-refractivity contribution in [3.63, 3.8) is 0 Å². The fraction of sp³-hybridized carbons (Fsp3) is 0.116. The third-order valence-corrected chi connectivity index (χ3v) is 10.6. The zero-order valence-electron chi connectivity index (χ0n) is 28.6. The van der Waals surface area contributed by atoms with Gasteiger partial charge in [0.15, 0.2) is 11.2 Å². The molecule has 4 heterocycles. The Bertz CT molecular complexity index is 2550. The highest BCUT2D eigenvalue weighted by Crippen LogP contribution is 2.60. The molecule has 6 aromatic rings. The van der Waals surface area contributed by atoms with Crippen LogP contribution in [0.3, 0.4) is 0 Å². The lowest BCUT2D eigenvalue weighted by Gasteiger charge is -2.37. The molecule has 4 aliphatic rings. The number of esters is 2. The van der Waals surface area contributed by atoms with Gasteiger partial charge in [-0.3, -0.25) is 0 Å². The predicted octanol–water partition coefficient (Wildman–Crippen LogP) is 8.26. The Hall–Kier alpha value is -6.94. The lowest BCUT2D eigenvalue weighted by Crippen LogP contribution is -2.33. The first-order chi connectivity index (χ1) is 25.5. The van der Waals surface area contributed by atoms with Gasteiger partial charge in [0.1, 0.15) is 46.0 Å². The maximum atomic E-state index is 12.7. The Morgan fingerprint density at radius 1 is 0.453 bits per heavy atom. The van der Waals surface area contributed by atoms with Gasteiger partial charge in [-0.2, -0.15) is 0 Å². The molecule has 10 rings (SSSR count). The molecule has 10 nitrogen and oxygen atoms in total. The van der Waals surface area contributed by atoms with Crippen molar-refractivity contribution in [2.45, 2.75) is 32.0 Å². The lowest BCUT2D eigenvalue weighted by atomic mass is 9.76. The Morgan fingerprint density at radius 3 is 1.32 bits per heavy atom. The molecule has 10 heteroatoms. The summed E-state index contributed by atoms with van der Waals surface area (Å²) in [4.78, 5) is 25.3. The number of benzene rings is 6. The minimum absolute atomic E-state index is 0.0396. The maximum absolute atomic E-state index is 12.7. The Kier molecular flexibility index (Phi) is 6.66. The smallest absolute Gasteiger partial charge is 0.340 e. The van der Waals surface area contributed by atoms with E-state index in [2.05, 4.69) is 0 Å². The number of phenolic OH excluding ortho intramolecular Hbond substituents is 4. The van der Waals surface area contributed by atoms with Gasteiger partial charge in [-0.25, -0.2) is 9.59 Å². The lowest BCUT2D eigenvalue weighted by molar-refractivity contribution is 0.0213. The Labute approximate surface area is 302 Å². The summed E-state index contributed by atoms with van der Waals surface area (Å²) >= 11 is 0. The molecule has 1 atom stereocenters. The van der Waals surface area contributed by atoms with Gasteiger partial charge in [0.2, 0.25) is 0 Å². The fourth-order valence-electron chi connectivity index (χ4n) is 7.89. The largest absolute Gasteiger partial charge is 0.508 e. The molecule has 262 valence electrons. The van der Waals surface area contributed by atoms with E-state index in [4.69, 9.17) is 18.9 Å². The van der Waals surface area contributed by atoms with Gasteiger partial charge < -0.3 is 39.4 Å². The number of fused-ring (bicyclic) bond motifs is 12. The summed E-state index contributed by atoms with van der Waals surface area (Å²) in [5, 5.41) is 40.4. The van der Waals surface area contributed by atoms with Gasteiger partial charge in [-0.1, -0.05) is 36.4 Å². The maximum Gasteiger partial charge on any atom is 0.340 e. The van der Waals surface area contributed by atoms with E-state index in [0.717, 1.165) is 5.56 Å². The van der Waals surface area contributed by atoms with Crippen LogP contribution >= 0.6 is 0 Å². The van der Waals surface area contributed by atoms with Crippen molar-refractivity contribution in [2.75, 3.05) is 0 Å². The minimum atomic E-state index is -1.19. The quantitative estimate of drug-likeness (QED) is 0.114. The summed E-state index contributed by atoms with van der Waals surface area (Å²) in [5.41, 5.74) is 4.24. The molecule has 4 aliphatic heterocycles. The van der Waals surface area contributed by atoms with Gasteiger partial charge in [-0.15, -0.1) is 0 Å². The zero-order valence-corrected chi connectivity index (χ0v) is 28.6. The van der Waals surface area contributed by atoms with Crippen LogP contribution in [0.2, 0.25) is 0 Å². The Balaban J connectivity index is 0.000000141. The third kappa shape index (κ3) is 4.20. The molecule has 4 N–H and O–H groups in total. The number of ether oxygens (including phenoxy) is 4. The molecule has 0 aromatic heterocycles. The van der Waals surface area contributed by atoms with E-state index in [0.29, 0.717) is 78.6 Å². The second-order valence-corrected chi connectivity index (χ2v) is 13.4. The summed E-state index contributed by atoms with van der Waals surface area (Å²) in [5.74, 6) is 1.13. The highest BCUT2D eigenvalue weighted by molar-refractivity contribution is 5.98. The first kappa shape index (κ1) is 32.0. The van der Waals surface area contributed by atoms with Gasteiger partial charge in [0.25, 0.3) is 0 Å². The van der Waals surface area contributed by atoms with Crippen molar-refractivity contribution in [1.82, 2.24) is 0 Å². The average Bonchev–Trinajstić information content (AvgIpc) is 3.62.